The lowest BCUT2D eigenvalue weighted by Gasteiger charge is -2.25. The summed E-state index contributed by atoms with van der Waals surface area (Å²) in [6.45, 7) is 0. The predicted octanol–water partition coefficient (Wildman–Crippen LogP) is 3.17. The average molecular weight is 381 g/mol. The Morgan fingerprint density at radius 1 is 1.39 bits per heavy atom. The SMILES string of the molecule is Cl.NC1CCCC(C(=O)Nc2cccc(I)c2)C1. The van der Waals surface area contributed by atoms with E-state index in [1.165, 1.54) is 0 Å². The van der Waals surface area contributed by atoms with Crippen molar-refractivity contribution in [2.24, 2.45) is 11.7 Å². The Morgan fingerprint density at radius 2 is 2.17 bits per heavy atom. The zero-order valence-corrected chi connectivity index (χ0v) is 13.0. The van der Waals surface area contributed by atoms with Crippen molar-refractivity contribution in [3.05, 3.63) is 27.8 Å². The molecule has 18 heavy (non-hydrogen) atoms. The molecule has 1 aliphatic carbocycles. The van der Waals surface area contributed by atoms with Gasteiger partial charge in [-0.25, -0.2) is 0 Å². The molecule has 0 aliphatic heterocycles. The van der Waals surface area contributed by atoms with Gasteiger partial charge in [0.25, 0.3) is 0 Å². The van der Waals surface area contributed by atoms with Crippen molar-refractivity contribution in [1.82, 2.24) is 0 Å². The summed E-state index contributed by atoms with van der Waals surface area (Å²) in [6, 6.07) is 8.04. The normalized spacial score (nSPS) is 23.0. The van der Waals surface area contributed by atoms with Gasteiger partial charge < -0.3 is 11.1 Å². The molecule has 2 unspecified atom stereocenters. The van der Waals surface area contributed by atoms with Crippen LogP contribution in [0.5, 0.6) is 0 Å². The molecule has 2 atom stereocenters. The predicted molar refractivity (Wildman–Crippen MR) is 85.0 cm³/mol. The number of benzene rings is 1. The number of rotatable bonds is 2. The molecule has 1 aliphatic rings. The standard InChI is InChI=1S/C13H17IN2O.ClH/c14-10-4-2-6-12(8-10)16-13(17)9-3-1-5-11(15)7-9;/h2,4,6,8-9,11H,1,3,5,7,15H2,(H,16,17);1H. The summed E-state index contributed by atoms with van der Waals surface area (Å²) in [5.41, 5.74) is 6.78. The highest BCUT2D eigenvalue weighted by atomic mass is 127. The highest BCUT2D eigenvalue weighted by Crippen LogP contribution is 2.24. The van der Waals surface area contributed by atoms with Gasteiger partial charge in [-0.3, -0.25) is 4.79 Å². The van der Waals surface area contributed by atoms with Crippen LogP contribution in [0.3, 0.4) is 0 Å². The molecular formula is C13H18ClIN2O. The molecule has 3 N–H and O–H groups in total. The third-order valence-electron chi connectivity index (χ3n) is 3.18. The number of hydrogen-bond donors (Lipinski definition) is 2. The molecular weight excluding hydrogens is 363 g/mol. The van der Waals surface area contributed by atoms with Gasteiger partial charge in [0, 0.05) is 21.2 Å². The molecule has 5 heteroatoms. The second kappa shape index (κ2) is 7.31. The Kier molecular flexibility index (Phi) is 6.38. The first-order valence-electron chi connectivity index (χ1n) is 5.97. The topological polar surface area (TPSA) is 55.1 Å². The van der Waals surface area contributed by atoms with Crippen LogP contribution < -0.4 is 11.1 Å². The molecule has 0 bridgehead atoms. The van der Waals surface area contributed by atoms with E-state index in [-0.39, 0.29) is 30.3 Å². The molecule has 1 amide bonds. The van der Waals surface area contributed by atoms with Crippen LogP contribution in [-0.4, -0.2) is 11.9 Å². The van der Waals surface area contributed by atoms with Crippen LogP contribution in [0.2, 0.25) is 0 Å². The van der Waals surface area contributed by atoms with Crippen LogP contribution in [0.4, 0.5) is 5.69 Å². The Hall–Kier alpha value is -0.330. The molecule has 1 aromatic rings. The minimum atomic E-state index is 0. The first-order valence-corrected chi connectivity index (χ1v) is 7.05. The minimum Gasteiger partial charge on any atom is -0.328 e. The van der Waals surface area contributed by atoms with E-state index in [1.807, 2.05) is 24.3 Å². The fourth-order valence-corrected chi connectivity index (χ4v) is 2.82. The summed E-state index contributed by atoms with van der Waals surface area (Å²) >= 11 is 2.24. The van der Waals surface area contributed by atoms with Crippen molar-refractivity contribution in [3.63, 3.8) is 0 Å². The van der Waals surface area contributed by atoms with Crippen LogP contribution in [0.1, 0.15) is 25.7 Å². The first-order chi connectivity index (χ1) is 8.15. The maximum atomic E-state index is 12.1. The second-order valence-electron chi connectivity index (χ2n) is 4.62. The van der Waals surface area contributed by atoms with Crippen LogP contribution in [-0.2, 0) is 4.79 Å². The molecule has 0 heterocycles. The van der Waals surface area contributed by atoms with E-state index in [2.05, 4.69) is 27.9 Å². The summed E-state index contributed by atoms with van der Waals surface area (Å²) in [6.07, 6.45) is 3.89. The maximum Gasteiger partial charge on any atom is 0.227 e. The van der Waals surface area contributed by atoms with Crippen molar-refractivity contribution in [3.8, 4) is 0 Å². The zero-order valence-electron chi connectivity index (χ0n) is 10.1. The van der Waals surface area contributed by atoms with Gasteiger partial charge in [-0.2, -0.15) is 0 Å². The molecule has 1 saturated carbocycles. The van der Waals surface area contributed by atoms with E-state index in [0.717, 1.165) is 34.9 Å². The maximum absolute atomic E-state index is 12.1. The Balaban J connectivity index is 0.00000162. The zero-order chi connectivity index (χ0) is 12.3. The van der Waals surface area contributed by atoms with Crippen molar-refractivity contribution in [2.75, 3.05) is 5.32 Å². The van der Waals surface area contributed by atoms with Crippen molar-refractivity contribution in [1.29, 1.82) is 0 Å². The van der Waals surface area contributed by atoms with E-state index >= 15 is 0 Å². The Morgan fingerprint density at radius 3 is 2.83 bits per heavy atom. The number of carbonyl (C=O) groups is 1. The van der Waals surface area contributed by atoms with Crippen molar-refractivity contribution >= 4 is 46.6 Å². The van der Waals surface area contributed by atoms with Gasteiger partial charge in [-0.1, -0.05) is 12.5 Å². The van der Waals surface area contributed by atoms with Gasteiger partial charge in [0.05, 0.1) is 0 Å². The lowest BCUT2D eigenvalue weighted by atomic mass is 9.85. The fraction of sp³-hybridized carbons (Fsp3) is 0.462. The summed E-state index contributed by atoms with van der Waals surface area (Å²) < 4.78 is 1.13. The van der Waals surface area contributed by atoms with Crippen LogP contribution in [0.25, 0.3) is 0 Å². The number of carbonyl (C=O) groups excluding carboxylic acids is 1. The number of nitrogens with one attached hydrogen (secondary N) is 1. The smallest absolute Gasteiger partial charge is 0.227 e. The summed E-state index contributed by atoms with van der Waals surface area (Å²) in [5, 5.41) is 2.97. The number of amides is 1. The van der Waals surface area contributed by atoms with E-state index < -0.39 is 0 Å². The monoisotopic (exact) mass is 380 g/mol. The molecule has 3 nitrogen and oxygen atoms in total. The van der Waals surface area contributed by atoms with E-state index in [1.54, 1.807) is 0 Å². The quantitative estimate of drug-likeness (QED) is 0.774. The average Bonchev–Trinajstić information content (AvgIpc) is 2.29. The lowest BCUT2D eigenvalue weighted by molar-refractivity contribution is -0.120. The number of halogens is 2. The molecule has 1 fully saturated rings. The van der Waals surface area contributed by atoms with Gasteiger partial charge in [-0.15, -0.1) is 12.4 Å². The van der Waals surface area contributed by atoms with Crippen LogP contribution in [0, 0.1) is 9.49 Å². The Labute approximate surface area is 127 Å². The first kappa shape index (κ1) is 15.7. The third-order valence-corrected chi connectivity index (χ3v) is 3.85. The third kappa shape index (κ3) is 4.40. The minimum absolute atomic E-state index is 0. The van der Waals surface area contributed by atoms with E-state index in [0.29, 0.717) is 0 Å². The molecule has 1 aromatic carbocycles. The fourth-order valence-electron chi connectivity index (χ4n) is 2.28. The number of hydrogen-bond acceptors (Lipinski definition) is 2. The Bertz CT molecular complexity index is 414. The molecule has 0 spiro atoms. The number of anilines is 1. The summed E-state index contributed by atoms with van der Waals surface area (Å²) in [5.74, 6) is 0.193. The lowest BCUT2D eigenvalue weighted by Crippen LogP contribution is -2.34. The highest BCUT2D eigenvalue weighted by Gasteiger charge is 2.25. The van der Waals surface area contributed by atoms with Gasteiger partial charge in [-0.05, 0) is 60.1 Å². The summed E-state index contributed by atoms with van der Waals surface area (Å²) in [7, 11) is 0. The van der Waals surface area contributed by atoms with E-state index in [4.69, 9.17) is 5.73 Å². The molecule has 0 saturated heterocycles. The summed E-state index contributed by atoms with van der Waals surface area (Å²) in [4.78, 5) is 12.1. The molecule has 100 valence electrons. The largest absolute Gasteiger partial charge is 0.328 e. The molecule has 0 aromatic heterocycles. The second-order valence-corrected chi connectivity index (χ2v) is 5.87. The van der Waals surface area contributed by atoms with Gasteiger partial charge in [0.15, 0.2) is 0 Å². The van der Waals surface area contributed by atoms with Crippen molar-refractivity contribution in [2.45, 2.75) is 31.7 Å². The molecule has 2 rings (SSSR count). The number of nitrogens with two attached hydrogens (primary N) is 1. The van der Waals surface area contributed by atoms with Gasteiger partial charge >= 0.3 is 0 Å². The van der Waals surface area contributed by atoms with Crippen LogP contribution >= 0.6 is 35.0 Å². The van der Waals surface area contributed by atoms with Gasteiger partial charge in [0.1, 0.15) is 0 Å². The van der Waals surface area contributed by atoms with Crippen molar-refractivity contribution < 1.29 is 4.79 Å². The van der Waals surface area contributed by atoms with E-state index in [9.17, 15) is 4.79 Å². The molecule has 0 radical (unpaired) electrons. The highest BCUT2D eigenvalue weighted by molar-refractivity contribution is 14.1. The van der Waals surface area contributed by atoms with Crippen LogP contribution in [0.15, 0.2) is 24.3 Å². The van der Waals surface area contributed by atoms with Gasteiger partial charge in [0.2, 0.25) is 5.91 Å².